The lowest BCUT2D eigenvalue weighted by Gasteiger charge is -2.43. The fourth-order valence-corrected chi connectivity index (χ4v) is 2.49. The molecule has 100 valence electrons. The van der Waals surface area contributed by atoms with Crippen molar-refractivity contribution < 1.29 is 24.4 Å². The molecule has 2 N–H and O–H groups in total. The third-order valence-corrected chi connectivity index (χ3v) is 3.66. The van der Waals surface area contributed by atoms with E-state index in [-0.39, 0.29) is 12.7 Å². The highest BCUT2D eigenvalue weighted by atomic mass is 16.8. The molecule has 17 heavy (non-hydrogen) atoms. The Morgan fingerprint density at radius 2 is 1.94 bits per heavy atom. The monoisotopic (exact) mass is 246 g/mol. The zero-order chi connectivity index (χ0) is 12.7. The van der Waals surface area contributed by atoms with Crippen LogP contribution in [0.25, 0.3) is 0 Å². The zero-order valence-electron chi connectivity index (χ0n) is 10.7. The van der Waals surface area contributed by atoms with Crippen molar-refractivity contribution in [1.82, 2.24) is 0 Å². The van der Waals surface area contributed by atoms with Gasteiger partial charge in [-0.15, -0.1) is 0 Å². The number of hydrogen-bond acceptors (Lipinski definition) is 5. The highest BCUT2D eigenvalue weighted by molar-refractivity contribution is 4.95. The summed E-state index contributed by atoms with van der Waals surface area (Å²) in [5.74, 6) is -0.582. The predicted molar refractivity (Wildman–Crippen MR) is 60.5 cm³/mol. The molecule has 0 aromatic heterocycles. The van der Waals surface area contributed by atoms with Crippen LogP contribution in [0.5, 0.6) is 0 Å². The number of hydrogen-bond donors (Lipinski definition) is 2. The molecule has 4 atom stereocenters. The highest BCUT2D eigenvalue weighted by Gasteiger charge is 2.49. The Morgan fingerprint density at radius 3 is 2.47 bits per heavy atom. The molecule has 0 spiro atoms. The molecule has 5 heteroatoms. The van der Waals surface area contributed by atoms with Gasteiger partial charge in [0.2, 0.25) is 0 Å². The minimum Gasteiger partial charge on any atom is -0.394 e. The minimum absolute atomic E-state index is 0.154. The Hall–Kier alpha value is -0.200. The molecule has 2 saturated heterocycles. The van der Waals surface area contributed by atoms with Gasteiger partial charge in [0, 0.05) is 0 Å². The van der Waals surface area contributed by atoms with Crippen LogP contribution in [0.15, 0.2) is 0 Å². The van der Waals surface area contributed by atoms with Gasteiger partial charge in [0.15, 0.2) is 5.79 Å². The highest BCUT2D eigenvalue weighted by Crippen LogP contribution is 2.38. The van der Waals surface area contributed by atoms with Crippen LogP contribution in [0.3, 0.4) is 0 Å². The van der Waals surface area contributed by atoms with Crippen LogP contribution in [0.4, 0.5) is 0 Å². The summed E-state index contributed by atoms with van der Waals surface area (Å²) < 4.78 is 17.2. The van der Waals surface area contributed by atoms with Crippen LogP contribution >= 0.6 is 0 Å². The van der Waals surface area contributed by atoms with Crippen molar-refractivity contribution in [3.63, 3.8) is 0 Å². The Bertz CT molecular complexity index is 280. The first-order valence-electron chi connectivity index (χ1n) is 6.15. The summed E-state index contributed by atoms with van der Waals surface area (Å²) in [6.07, 6.45) is 0.0417. The van der Waals surface area contributed by atoms with Crippen molar-refractivity contribution in [1.29, 1.82) is 0 Å². The van der Waals surface area contributed by atoms with E-state index in [0.29, 0.717) is 19.4 Å². The van der Waals surface area contributed by atoms with E-state index < -0.39 is 23.6 Å². The van der Waals surface area contributed by atoms with E-state index in [1.165, 1.54) is 0 Å². The molecule has 5 nitrogen and oxygen atoms in total. The predicted octanol–water partition coefficient (Wildman–Crippen LogP) is 0.429. The normalized spacial score (nSPS) is 46.1. The summed E-state index contributed by atoms with van der Waals surface area (Å²) in [4.78, 5) is 0. The van der Waals surface area contributed by atoms with Gasteiger partial charge in [0.25, 0.3) is 0 Å². The molecular weight excluding hydrogens is 224 g/mol. The number of rotatable bonds is 2. The molecule has 2 aliphatic heterocycles. The molecular formula is C12H22O5. The van der Waals surface area contributed by atoms with Gasteiger partial charge in [-0.25, -0.2) is 0 Å². The van der Waals surface area contributed by atoms with Crippen LogP contribution in [0, 0.1) is 0 Å². The Balaban J connectivity index is 2.04. The molecule has 2 aliphatic rings. The van der Waals surface area contributed by atoms with Crippen molar-refractivity contribution in [3.8, 4) is 0 Å². The SMILES string of the molecule is CC1(C)OC[C@H]([C@]2(C)CC[C@H](O)[C@@H](CO)O2)O1. The first-order chi connectivity index (χ1) is 7.86. The maximum Gasteiger partial charge on any atom is 0.163 e. The Kier molecular flexibility index (Phi) is 3.49. The number of aliphatic hydroxyl groups excluding tert-OH is 2. The zero-order valence-corrected chi connectivity index (χ0v) is 10.7. The van der Waals surface area contributed by atoms with Gasteiger partial charge in [0.1, 0.15) is 12.2 Å². The summed E-state index contributed by atoms with van der Waals surface area (Å²) >= 11 is 0. The molecule has 0 radical (unpaired) electrons. The molecule has 0 bridgehead atoms. The average molecular weight is 246 g/mol. The quantitative estimate of drug-likeness (QED) is 0.739. The minimum atomic E-state index is -0.594. The van der Waals surface area contributed by atoms with Crippen LogP contribution in [0.1, 0.15) is 33.6 Å². The summed E-state index contributed by atoms with van der Waals surface area (Å²) in [6.45, 7) is 6.01. The van der Waals surface area contributed by atoms with Crippen molar-refractivity contribution in [2.75, 3.05) is 13.2 Å². The maximum atomic E-state index is 9.69. The standard InChI is InChI=1S/C12H22O5/c1-11(2)15-7-10(17-11)12(3)5-4-8(14)9(6-13)16-12/h8-10,13-14H,4-7H2,1-3H3/t8-,9+,10+,12-/m0/s1. The second-order valence-corrected chi connectivity index (χ2v) is 5.57. The van der Waals surface area contributed by atoms with Gasteiger partial charge in [-0.1, -0.05) is 0 Å². The summed E-state index contributed by atoms with van der Waals surface area (Å²) in [6, 6.07) is 0. The van der Waals surface area contributed by atoms with Crippen LogP contribution < -0.4 is 0 Å². The smallest absolute Gasteiger partial charge is 0.163 e. The molecule has 0 aliphatic carbocycles. The third kappa shape index (κ3) is 2.63. The second-order valence-electron chi connectivity index (χ2n) is 5.57. The van der Waals surface area contributed by atoms with E-state index in [0.717, 1.165) is 0 Å². The first kappa shape index (κ1) is 13.2. The lowest BCUT2D eigenvalue weighted by atomic mass is 9.87. The maximum absolute atomic E-state index is 9.69. The fraction of sp³-hybridized carbons (Fsp3) is 1.00. The van der Waals surface area contributed by atoms with Crippen molar-refractivity contribution in [2.24, 2.45) is 0 Å². The van der Waals surface area contributed by atoms with Gasteiger partial charge in [-0.3, -0.25) is 0 Å². The largest absolute Gasteiger partial charge is 0.394 e. The van der Waals surface area contributed by atoms with E-state index in [1.54, 1.807) is 0 Å². The van der Waals surface area contributed by atoms with Crippen LogP contribution in [-0.2, 0) is 14.2 Å². The Morgan fingerprint density at radius 1 is 1.24 bits per heavy atom. The lowest BCUT2D eigenvalue weighted by Crippen LogP contribution is -2.54. The first-order valence-corrected chi connectivity index (χ1v) is 6.15. The molecule has 2 rings (SSSR count). The third-order valence-electron chi connectivity index (χ3n) is 3.66. The van der Waals surface area contributed by atoms with E-state index in [2.05, 4.69) is 0 Å². The molecule has 0 amide bonds. The molecule has 0 unspecified atom stereocenters. The average Bonchev–Trinajstić information content (AvgIpc) is 2.63. The van der Waals surface area contributed by atoms with Gasteiger partial charge in [-0.2, -0.15) is 0 Å². The van der Waals surface area contributed by atoms with Crippen molar-refractivity contribution in [2.45, 2.75) is 63.3 Å². The molecule has 0 aromatic rings. The number of aliphatic hydroxyl groups is 2. The number of ether oxygens (including phenoxy) is 3. The summed E-state index contributed by atoms with van der Waals surface area (Å²) in [7, 11) is 0. The molecule has 2 fully saturated rings. The van der Waals surface area contributed by atoms with Gasteiger partial charge in [0.05, 0.1) is 24.9 Å². The molecule has 2 heterocycles. The van der Waals surface area contributed by atoms with Crippen LogP contribution in [-0.4, -0.2) is 53.1 Å². The molecule has 0 aromatic carbocycles. The molecule has 0 saturated carbocycles. The van der Waals surface area contributed by atoms with Gasteiger partial charge < -0.3 is 24.4 Å². The van der Waals surface area contributed by atoms with E-state index in [4.69, 9.17) is 14.2 Å². The van der Waals surface area contributed by atoms with E-state index in [9.17, 15) is 10.2 Å². The van der Waals surface area contributed by atoms with Gasteiger partial charge >= 0.3 is 0 Å². The van der Waals surface area contributed by atoms with E-state index >= 15 is 0 Å². The van der Waals surface area contributed by atoms with Crippen molar-refractivity contribution in [3.05, 3.63) is 0 Å². The topological polar surface area (TPSA) is 68.2 Å². The van der Waals surface area contributed by atoms with E-state index in [1.807, 2.05) is 20.8 Å². The van der Waals surface area contributed by atoms with Crippen molar-refractivity contribution >= 4 is 0 Å². The van der Waals surface area contributed by atoms with Gasteiger partial charge in [-0.05, 0) is 33.6 Å². The van der Waals surface area contributed by atoms with Crippen LogP contribution in [0.2, 0.25) is 0 Å². The lowest BCUT2D eigenvalue weighted by molar-refractivity contribution is -0.231. The second kappa shape index (κ2) is 4.48. The summed E-state index contributed by atoms with van der Waals surface area (Å²) in [5, 5.41) is 18.9. The summed E-state index contributed by atoms with van der Waals surface area (Å²) in [5.41, 5.74) is -0.500. The fourth-order valence-electron chi connectivity index (χ4n) is 2.49. The Labute approximate surface area is 102 Å².